The molecule has 0 spiro atoms. The van der Waals surface area contributed by atoms with Crippen LogP contribution in [0.1, 0.15) is 6.92 Å². The molecular formula is C6H14NO3+. The van der Waals surface area contributed by atoms with Gasteiger partial charge < -0.3 is 5.11 Å². The van der Waals surface area contributed by atoms with E-state index in [9.17, 15) is 4.79 Å². The second kappa shape index (κ2) is 3.53. The van der Waals surface area contributed by atoms with Crippen molar-refractivity contribution in [2.75, 3.05) is 27.2 Å². The third-order valence-electron chi connectivity index (χ3n) is 0.995. The molecule has 0 amide bonds. The monoisotopic (exact) mass is 148 g/mol. The molecule has 0 aromatic heterocycles. The smallest absolute Gasteiger partial charge is 0.362 e. The van der Waals surface area contributed by atoms with Crippen molar-refractivity contribution >= 4 is 5.97 Å². The van der Waals surface area contributed by atoms with E-state index in [0.29, 0.717) is 6.61 Å². The summed E-state index contributed by atoms with van der Waals surface area (Å²) in [6.45, 7) is 2.36. The van der Waals surface area contributed by atoms with Gasteiger partial charge in [0.25, 0.3) is 0 Å². The molecule has 0 aromatic rings. The Balaban J connectivity index is 3.74. The van der Waals surface area contributed by atoms with Gasteiger partial charge in [0.2, 0.25) is 6.54 Å². The zero-order chi connectivity index (χ0) is 8.20. The molecule has 10 heavy (non-hydrogen) atoms. The number of hydrogen-bond acceptors (Lipinski definition) is 2. The van der Waals surface area contributed by atoms with E-state index < -0.39 is 5.97 Å². The Kier molecular flexibility index (Phi) is 3.32. The largest absolute Gasteiger partial charge is 0.477 e. The van der Waals surface area contributed by atoms with Crippen LogP contribution < -0.4 is 0 Å². The Hall–Kier alpha value is -0.610. The molecule has 0 unspecified atom stereocenters. The van der Waals surface area contributed by atoms with Crippen LogP contribution in [0.5, 0.6) is 0 Å². The summed E-state index contributed by atoms with van der Waals surface area (Å²) in [5, 5.41) is 8.38. The summed E-state index contributed by atoms with van der Waals surface area (Å²) in [7, 11) is 3.41. The van der Waals surface area contributed by atoms with Crippen LogP contribution in [0.4, 0.5) is 0 Å². The first-order valence-electron chi connectivity index (χ1n) is 3.17. The van der Waals surface area contributed by atoms with Gasteiger partial charge in [-0.3, -0.25) is 0 Å². The number of aliphatic carboxylic acids is 1. The normalized spacial score (nSPS) is 11.5. The van der Waals surface area contributed by atoms with Gasteiger partial charge in [-0.15, -0.1) is 0 Å². The number of rotatable bonds is 4. The maximum Gasteiger partial charge on any atom is 0.362 e. The fraction of sp³-hybridized carbons (Fsp3) is 0.833. The highest BCUT2D eigenvalue weighted by Gasteiger charge is 2.19. The molecule has 0 bridgehead atoms. The van der Waals surface area contributed by atoms with Crippen molar-refractivity contribution < 1.29 is 19.4 Å². The van der Waals surface area contributed by atoms with E-state index >= 15 is 0 Å². The highest BCUT2D eigenvalue weighted by Crippen LogP contribution is 1.96. The molecule has 0 aliphatic heterocycles. The van der Waals surface area contributed by atoms with Crippen molar-refractivity contribution in [3.63, 3.8) is 0 Å². The van der Waals surface area contributed by atoms with Crippen LogP contribution in [0.15, 0.2) is 0 Å². The van der Waals surface area contributed by atoms with Gasteiger partial charge in [-0.1, -0.05) is 0 Å². The summed E-state index contributed by atoms with van der Waals surface area (Å²) in [6.07, 6.45) is 0. The van der Waals surface area contributed by atoms with E-state index in [0.717, 1.165) is 0 Å². The number of carboxylic acid groups (broad SMARTS) is 1. The second-order valence-electron chi connectivity index (χ2n) is 2.54. The Morgan fingerprint density at radius 1 is 1.60 bits per heavy atom. The minimum atomic E-state index is -0.849. The van der Waals surface area contributed by atoms with Gasteiger partial charge in [0, 0.05) is 0 Å². The third kappa shape index (κ3) is 4.29. The maximum absolute atomic E-state index is 10.2. The lowest BCUT2D eigenvalue weighted by Gasteiger charge is -2.23. The molecule has 60 valence electrons. The van der Waals surface area contributed by atoms with Crippen molar-refractivity contribution in [2.45, 2.75) is 6.92 Å². The van der Waals surface area contributed by atoms with Crippen LogP contribution in [0.3, 0.4) is 0 Å². The standard InChI is InChI=1S/C6H13NO3/c1-4-10-7(2,3)5-6(8)9/h4-5H2,1-3H3/p+1. The predicted molar refractivity (Wildman–Crippen MR) is 36.2 cm³/mol. The molecule has 0 fully saturated rings. The number of nitrogens with zero attached hydrogens (tertiary/aromatic N) is 1. The van der Waals surface area contributed by atoms with Gasteiger partial charge in [-0.2, -0.15) is 4.65 Å². The van der Waals surface area contributed by atoms with Gasteiger partial charge in [0.05, 0.1) is 14.1 Å². The lowest BCUT2D eigenvalue weighted by atomic mass is 10.6. The molecular weight excluding hydrogens is 134 g/mol. The second-order valence-corrected chi connectivity index (χ2v) is 2.54. The number of likely N-dealkylation sites (N-methyl/N-ethyl adjacent to an activating group) is 1. The number of carbonyl (C=O) groups is 1. The fourth-order valence-corrected chi connectivity index (χ4v) is 0.721. The molecule has 0 rings (SSSR count). The number of quaternary nitrogens is 1. The molecule has 0 heterocycles. The Morgan fingerprint density at radius 2 is 2.10 bits per heavy atom. The van der Waals surface area contributed by atoms with E-state index in [-0.39, 0.29) is 11.2 Å². The van der Waals surface area contributed by atoms with Crippen LogP contribution in [0.25, 0.3) is 0 Å². The summed E-state index contributed by atoms with van der Waals surface area (Å²) >= 11 is 0. The lowest BCUT2D eigenvalue weighted by molar-refractivity contribution is -1.07. The van der Waals surface area contributed by atoms with Gasteiger partial charge >= 0.3 is 5.97 Å². The lowest BCUT2D eigenvalue weighted by Crippen LogP contribution is -2.43. The third-order valence-corrected chi connectivity index (χ3v) is 0.995. The Labute approximate surface area is 60.6 Å². The molecule has 0 saturated carbocycles. The van der Waals surface area contributed by atoms with E-state index in [1.165, 1.54) is 0 Å². The average molecular weight is 148 g/mol. The topological polar surface area (TPSA) is 46.5 Å². The summed E-state index contributed by atoms with van der Waals surface area (Å²) in [5.74, 6) is -0.849. The maximum atomic E-state index is 10.2. The first-order chi connectivity index (χ1) is 4.48. The molecule has 0 aromatic carbocycles. The van der Waals surface area contributed by atoms with E-state index in [2.05, 4.69) is 0 Å². The van der Waals surface area contributed by atoms with Crippen LogP contribution in [0.2, 0.25) is 0 Å². The molecule has 0 atom stereocenters. The summed E-state index contributed by atoms with van der Waals surface area (Å²) in [5.41, 5.74) is 0. The van der Waals surface area contributed by atoms with E-state index in [1.54, 1.807) is 14.1 Å². The van der Waals surface area contributed by atoms with E-state index in [1.807, 2.05) is 6.92 Å². The zero-order valence-corrected chi connectivity index (χ0v) is 6.63. The Bertz CT molecular complexity index is 122. The first kappa shape index (κ1) is 9.39. The number of hydroxylamine groups is 3. The van der Waals surface area contributed by atoms with Gasteiger partial charge in [0.15, 0.2) is 0 Å². The van der Waals surface area contributed by atoms with Crippen molar-refractivity contribution in [1.82, 2.24) is 0 Å². The minimum absolute atomic E-state index is 0.00611. The quantitative estimate of drug-likeness (QED) is 0.454. The number of hydrogen-bond donors (Lipinski definition) is 1. The van der Waals surface area contributed by atoms with E-state index in [4.69, 9.17) is 9.94 Å². The molecule has 0 saturated heterocycles. The van der Waals surface area contributed by atoms with Gasteiger partial charge in [-0.05, 0) is 6.92 Å². The molecule has 0 aliphatic carbocycles. The highest BCUT2D eigenvalue weighted by atomic mass is 16.7. The fourth-order valence-electron chi connectivity index (χ4n) is 0.721. The molecule has 4 nitrogen and oxygen atoms in total. The Morgan fingerprint density at radius 3 is 2.40 bits per heavy atom. The van der Waals surface area contributed by atoms with Crippen molar-refractivity contribution in [1.29, 1.82) is 0 Å². The summed E-state index contributed by atoms with van der Waals surface area (Å²) < 4.78 is 0.0752. The number of carboxylic acids is 1. The highest BCUT2D eigenvalue weighted by molar-refractivity contribution is 5.67. The van der Waals surface area contributed by atoms with Crippen molar-refractivity contribution in [3.8, 4) is 0 Å². The van der Waals surface area contributed by atoms with Crippen LogP contribution in [0, 0.1) is 0 Å². The van der Waals surface area contributed by atoms with Gasteiger partial charge in [-0.25, -0.2) is 9.63 Å². The first-order valence-corrected chi connectivity index (χ1v) is 3.17. The van der Waals surface area contributed by atoms with Crippen LogP contribution >= 0.6 is 0 Å². The van der Waals surface area contributed by atoms with Gasteiger partial charge in [0.1, 0.15) is 6.61 Å². The molecule has 0 radical (unpaired) electrons. The predicted octanol–water partition coefficient (Wildman–Crippen LogP) is 0.0989. The zero-order valence-electron chi connectivity index (χ0n) is 6.63. The molecule has 0 aliphatic rings. The minimum Gasteiger partial charge on any atom is -0.477 e. The van der Waals surface area contributed by atoms with Crippen LogP contribution in [-0.4, -0.2) is 43.0 Å². The summed E-state index contributed by atoms with van der Waals surface area (Å²) in [6, 6.07) is 0. The molecule has 4 heteroatoms. The van der Waals surface area contributed by atoms with Crippen molar-refractivity contribution in [3.05, 3.63) is 0 Å². The summed E-state index contributed by atoms with van der Waals surface area (Å²) in [4.78, 5) is 15.3. The van der Waals surface area contributed by atoms with Crippen molar-refractivity contribution in [2.24, 2.45) is 0 Å². The SMILES string of the molecule is CCO[N+](C)(C)CC(=O)O. The molecule has 1 N–H and O–H groups in total. The average Bonchev–Trinajstić information content (AvgIpc) is 1.59. The van der Waals surface area contributed by atoms with Crippen LogP contribution in [-0.2, 0) is 9.63 Å².